The van der Waals surface area contributed by atoms with Crippen LogP contribution in [0.1, 0.15) is 94.2 Å². The molecule has 0 bridgehead atoms. The molecule has 0 saturated heterocycles. The van der Waals surface area contributed by atoms with Gasteiger partial charge in [-0.2, -0.15) is 0 Å². The third-order valence-electron chi connectivity index (χ3n) is 5.89. The molecule has 0 fully saturated rings. The van der Waals surface area contributed by atoms with E-state index in [0.29, 0.717) is 17.6 Å². The Labute approximate surface area is 166 Å². The van der Waals surface area contributed by atoms with Crippen LogP contribution in [-0.4, -0.2) is 5.11 Å². The molecule has 1 aliphatic carbocycles. The fraction of sp³-hybridized carbons (Fsp3) is 0.538. The zero-order valence-electron chi connectivity index (χ0n) is 17.5. The summed E-state index contributed by atoms with van der Waals surface area (Å²) in [5.41, 5.74) is 5.22. The second-order valence-corrected chi connectivity index (χ2v) is 7.99. The standard InChI is InChI=1S/C26H38O/c1-5-9-11-15-21-17-20(13-7-3)23(14-8-4)25-18-22(16-12-10-6-2)26(27)19-24(21)25/h7-8,17-20,23,27H,3-6,9-16H2,1-2H3. The Hall–Kier alpha value is -1.76. The highest BCUT2D eigenvalue weighted by Gasteiger charge is 2.29. The van der Waals surface area contributed by atoms with E-state index in [0.717, 1.165) is 37.7 Å². The fourth-order valence-corrected chi connectivity index (χ4v) is 4.39. The first kappa shape index (κ1) is 21.5. The van der Waals surface area contributed by atoms with E-state index in [1.54, 1.807) is 0 Å². The van der Waals surface area contributed by atoms with Gasteiger partial charge < -0.3 is 5.11 Å². The molecule has 2 unspecified atom stereocenters. The molecule has 1 heteroatoms. The van der Waals surface area contributed by atoms with E-state index in [2.05, 4.69) is 51.3 Å². The number of unbranched alkanes of at least 4 members (excludes halogenated alkanes) is 4. The summed E-state index contributed by atoms with van der Waals surface area (Å²) in [5.74, 6) is 1.40. The number of phenolic OH excluding ortho intramolecular Hbond substituents is 1. The molecule has 0 radical (unpaired) electrons. The Morgan fingerprint density at radius 2 is 1.59 bits per heavy atom. The predicted octanol–water partition coefficient (Wildman–Crippen LogP) is 7.95. The van der Waals surface area contributed by atoms with Crippen LogP contribution in [0.25, 0.3) is 5.57 Å². The van der Waals surface area contributed by atoms with Crippen molar-refractivity contribution in [2.75, 3.05) is 0 Å². The van der Waals surface area contributed by atoms with Gasteiger partial charge in [0, 0.05) is 0 Å². The van der Waals surface area contributed by atoms with E-state index < -0.39 is 0 Å². The van der Waals surface area contributed by atoms with Crippen LogP contribution in [0.3, 0.4) is 0 Å². The average molecular weight is 367 g/mol. The van der Waals surface area contributed by atoms with Gasteiger partial charge in [0.1, 0.15) is 5.75 Å². The highest BCUT2D eigenvalue weighted by Crippen LogP contribution is 2.45. The number of hydrogen-bond donors (Lipinski definition) is 1. The zero-order chi connectivity index (χ0) is 19.6. The van der Waals surface area contributed by atoms with Crippen LogP contribution in [0.4, 0.5) is 0 Å². The lowest BCUT2D eigenvalue weighted by Gasteiger charge is -2.33. The number of aryl methyl sites for hydroxylation is 1. The van der Waals surface area contributed by atoms with E-state index in [1.165, 1.54) is 48.8 Å². The molecule has 0 saturated carbocycles. The van der Waals surface area contributed by atoms with Crippen molar-refractivity contribution in [1.82, 2.24) is 0 Å². The van der Waals surface area contributed by atoms with Crippen LogP contribution in [-0.2, 0) is 6.42 Å². The summed E-state index contributed by atoms with van der Waals surface area (Å²) in [7, 11) is 0. The van der Waals surface area contributed by atoms with Crippen molar-refractivity contribution in [1.29, 1.82) is 0 Å². The van der Waals surface area contributed by atoms with Crippen molar-refractivity contribution >= 4 is 5.57 Å². The van der Waals surface area contributed by atoms with Crippen LogP contribution in [0.5, 0.6) is 5.75 Å². The lowest BCUT2D eigenvalue weighted by atomic mass is 9.72. The molecular formula is C26H38O. The smallest absolute Gasteiger partial charge is 0.119 e. The monoisotopic (exact) mass is 366 g/mol. The third-order valence-corrected chi connectivity index (χ3v) is 5.89. The molecule has 27 heavy (non-hydrogen) atoms. The van der Waals surface area contributed by atoms with Crippen molar-refractivity contribution in [3.05, 3.63) is 60.2 Å². The molecule has 0 aliphatic heterocycles. The molecule has 2 rings (SSSR count). The van der Waals surface area contributed by atoms with Crippen molar-refractivity contribution in [3.63, 3.8) is 0 Å². The summed E-state index contributed by atoms with van der Waals surface area (Å²) >= 11 is 0. The topological polar surface area (TPSA) is 20.2 Å². The first-order valence-electron chi connectivity index (χ1n) is 10.9. The Bertz CT molecular complexity index is 652. The average Bonchev–Trinajstić information content (AvgIpc) is 2.66. The second-order valence-electron chi connectivity index (χ2n) is 7.99. The quantitative estimate of drug-likeness (QED) is 0.294. The number of phenols is 1. The Morgan fingerprint density at radius 3 is 2.22 bits per heavy atom. The van der Waals surface area contributed by atoms with E-state index in [4.69, 9.17) is 0 Å². The molecule has 148 valence electrons. The van der Waals surface area contributed by atoms with Gasteiger partial charge in [-0.15, -0.1) is 13.2 Å². The number of benzene rings is 1. The molecule has 0 amide bonds. The van der Waals surface area contributed by atoms with Gasteiger partial charge in [0.15, 0.2) is 0 Å². The minimum Gasteiger partial charge on any atom is -0.508 e. The van der Waals surface area contributed by atoms with Crippen LogP contribution in [0, 0.1) is 5.92 Å². The first-order chi connectivity index (χ1) is 13.2. The van der Waals surface area contributed by atoms with Crippen molar-refractivity contribution in [2.24, 2.45) is 5.92 Å². The van der Waals surface area contributed by atoms with Gasteiger partial charge in [-0.05, 0) is 78.7 Å². The van der Waals surface area contributed by atoms with Crippen molar-refractivity contribution in [2.45, 2.75) is 84.0 Å². The third kappa shape index (κ3) is 5.61. The predicted molar refractivity (Wildman–Crippen MR) is 119 cm³/mol. The largest absolute Gasteiger partial charge is 0.508 e. The maximum atomic E-state index is 10.7. The Balaban J connectivity index is 2.42. The molecule has 1 nitrogen and oxygen atoms in total. The summed E-state index contributed by atoms with van der Waals surface area (Å²) < 4.78 is 0. The molecule has 1 aliphatic rings. The van der Waals surface area contributed by atoms with Crippen LogP contribution < -0.4 is 0 Å². The number of aromatic hydroxyl groups is 1. The zero-order valence-corrected chi connectivity index (χ0v) is 17.5. The summed E-state index contributed by atoms with van der Waals surface area (Å²) in [5, 5.41) is 10.7. The maximum Gasteiger partial charge on any atom is 0.119 e. The van der Waals surface area contributed by atoms with Gasteiger partial charge in [0.25, 0.3) is 0 Å². The summed E-state index contributed by atoms with van der Waals surface area (Å²) in [4.78, 5) is 0. The Kier molecular flexibility index (Phi) is 8.91. The lowest BCUT2D eigenvalue weighted by Crippen LogP contribution is -2.17. The van der Waals surface area contributed by atoms with Gasteiger partial charge in [-0.25, -0.2) is 0 Å². The van der Waals surface area contributed by atoms with Crippen LogP contribution >= 0.6 is 0 Å². The number of hydrogen-bond acceptors (Lipinski definition) is 1. The maximum absolute atomic E-state index is 10.7. The fourth-order valence-electron chi connectivity index (χ4n) is 4.39. The van der Waals surface area contributed by atoms with Gasteiger partial charge >= 0.3 is 0 Å². The summed E-state index contributed by atoms with van der Waals surface area (Å²) in [6, 6.07) is 4.35. The molecule has 2 atom stereocenters. The number of allylic oxidation sites excluding steroid dienone is 4. The molecule has 0 aromatic heterocycles. The van der Waals surface area contributed by atoms with Crippen LogP contribution in [0.2, 0.25) is 0 Å². The molecule has 1 N–H and O–H groups in total. The second kappa shape index (κ2) is 11.2. The van der Waals surface area contributed by atoms with Gasteiger partial charge in [-0.3, -0.25) is 0 Å². The SMILES string of the molecule is C=CCC1C=C(CCCCC)c2cc(O)c(CCCCC)cc2C1CC=C. The van der Waals surface area contributed by atoms with Gasteiger partial charge in [0.2, 0.25) is 0 Å². The minimum absolute atomic E-state index is 0.441. The van der Waals surface area contributed by atoms with Gasteiger partial charge in [0.05, 0.1) is 0 Å². The molecule has 1 aromatic carbocycles. The van der Waals surface area contributed by atoms with E-state index in [-0.39, 0.29) is 0 Å². The van der Waals surface area contributed by atoms with E-state index in [9.17, 15) is 5.11 Å². The number of fused-ring (bicyclic) bond motifs is 1. The highest BCUT2D eigenvalue weighted by molar-refractivity contribution is 5.73. The molecule has 0 spiro atoms. The van der Waals surface area contributed by atoms with Crippen molar-refractivity contribution in [3.8, 4) is 5.75 Å². The first-order valence-corrected chi connectivity index (χ1v) is 10.9. The minimum atomic E-state index is 0.441. The molecule has 0 heterocycles. The van der Waals surface area contributed by atoms with E-state index in [1.807, 2.05) is 6.08 Å². The summed E-state index contributed by atoms with van der Waals surface area (Å²) in [6.45, 7) is 12.5. The summed E-state index contributed by atoms with van der Waals surface area (Å²) in [6.07, 6.45) is 17.9. The molecular weight excluding hydrogens is 328 g/mol. The van der Waals surface area contributed by atoms with Crippen molar-refractivity contribution < 1.29 is 5.11 Å². The lowest BCUT2D eigenvalue weighted by molar-refractivity contribution is 0.462. The normalized spacial score (nSPS) is 18.7. The van der Waals surface area contributed by atoms with Gasteiger partial charge in [-0.1, -0.05) is 63.8 Å². The van der Waals surface area contributed by atoms with Crippen LogP contribution in [0.15, 0.2) is 43.5 Å². The van der Waals surface area contributed by atoms with E-state index >= 15 is 0 Å². The number of rotatable bonds is 12. The molecule has 1 aromatic rings. The Morgan fingerprint density at radius 1 is 0.926 bits per heavy atom. The highest BCUT2D eigenvalue weighted by atomic mass is 16.3.